The maximum absolute atomic E-state index is 11.6. The Morgan fingerprint density at radius 1 is 1.38 bits per heavy atom. The van der Waals surface area contributed by atoms with E-state index in [0.29, 0.717) is 6.04 Å². The maximum Gasteiger partial charge on any atom is 0.260 e. The van der Waals surface area contributed by atoms with Gasteiger partial charge < -0.3 is 4.90 Å². The van der Waals surface area contributed by atoms with E-state index in [1.54, 1.807) is 0 Å². The van der Waals surface area contributed by atoms with E-state index < -0.39 is 0 Å². The first kappa shape index (κ1) is 8.30. The Morgan fingerprint density at radius 3 is 2.77 bits per heavy atom. The number of carbonyl (C=O) groups is 1. The first-order chi connectivity index (χ1) is 6.25. The van der Waals surface area contributed by atoms with Gasteiger partial charge in [0.1, 0.15) is 0 Å². The SMILES string of the molecule is CCC(C)N1C(=O)c2ccccc21. The molecule has 0 bridgehead atoms. The van der Waals surface area contributed by atoms with Crippen molar-refractivity contribution in [1.82, 2.24) is 0 Å². The van der Waals surface area contributed by atoms with Crippen LogP contribution in [0.4, 0.5) is 5.69 Å². The molecule has 1 atom stereocenters. The first-order valence-electron chi connectivity index (χ1n) is 4.68. The van der Waals surface area contributed by atoms with Crippen LogP contribution < -0.4 is 4.90 Å². The number of fused-ring (bicyclic) bond motifs is 1. The molecule has 1 aromatic carbocycles. The van der Waals surface area contributed by atoms with Gasteiger partial charge in [0.05, 0.1) is 11.3 Å². The number of anilines is 1. The number of para-hydroxylation sites is 1. The number of rotatable bonds is 2. The Kier molecular flexibility index (Phi) is 1.83. The second kappa shape index (κ2) is 2.87. The van der Waals surface area contributed by atoms with Crippen molar-refractivity contribution in [3.63, 3.8) is 0 Å². The Morgan fingerprint density at radius 2 is 2.08 bits per heavy atom. The summed E-state index contributed by atoms with van der Waals surface area (Å²) in [5.74, 6) is 0.171. The van der Waals surface area contributed by atoms with Gasteiger partial charge in [0.15, 0.2) is 0 Å². The van der Waals surface area contributed by atoms with E-state index in [1.165, 1.54) is 0 Å². The zero-order valence-corrected chi connectivity index (χ0v) is 7.95. The molecule has 0 saturated carbocycles. The normalized spacial score (nSPS) is 16.5. The van der Waals surface area contributed by atoms with Crippen LogP contribution in [0.5, 0.6) is 0 Å². The van der Waals surface area contributed by atoms with Gasteiger partial charge in [-0.05, 0) is 25.5 Å². The summed E-state index contributed by atoms with van der Waals surface area (Å²) < 4.78 is 0. The largest absolute Gasteiger partial charge is 0.305 e. The predicted molar refractivity (Wildman–Crippen MR) is 53.0 cm³/mol. The van der Waals surface area contributed by atoms with Crippen molar-refractivity contribution in [3.8, 4) is 0 Å². The van der Waals surface area contributed by atoms with Gasteiger partial charge in [0, 0.05) is 6.04 Å². The average Bonchev–Trinajstić information content (AvgIpc) is 2.17. The van der Waals surface area contributed by atoms with Crippen molar-refractivity contribution in [2.24, 2.45) is 0 Å². The van der Waals surface area contributed by atoms with Crippen molar-refractivity contribution in [2.45, 2.75) is 26.3 Å². The summed E-state index contributed by atoms with van der Waals surface area (Å²) in [5.41, 5.74) is 1.95. The quantitative estimate of drug-likeness (QED) is 0.676. The molecular formula is C11H13NO. The number of amides is 1. The Hall–Kier alpha value is -1.31. The van der Waals surface area contributed by atoms with Crippen LogP contribution >= 0.6 is 0 Å². The van der Waals surface area contributed by atoms with E-state index in [1.807, 2.05) is 29.2 Å². The zero-order valence-electron chi connectivity index (χ0n) is 7.95. The summed E-state index contributed by atoms with van der Waals surface area (Å²) >= 11 is 0. The van der Waals surface area contributed by atoms with Crippen LogP contribution in [-0.4, -0.2) is 11.9 Å². The number of carbonyl (C=O) groups excluding carboxylic acids is 1. The molecule has 1 unspecified atom stereocenters. The summed E-state index contributed by atoms with van der Waals surface area (Å²) in [7, 11) is 0. The van der Waals surface area contributed by atoms with E-state index in [0.717, 1.165) is 17.7 Å². The van der Waals surface area contributed by atoms with Gasteiger partial charge in [-0.1, -0.05) is 19.1 Å². The lowest BCUT2D eigenvalue weighted by molar-refractivity contribution is 0.0955. The summed E-state index contributed by atoms with van der Waals surface area (Å²) in [6.45, 7) is 4.17. The summed E-state index contributed by atoms with van der Waals surface area (Å²) in [5, 5.41) is 0. The average molecular weight is 175 g/mol. The molecule has 1 aliphatic rings. The highest BCUT2D eigenvalue weighted by Gasteiger charge is 2.34. The lowest BCUT2D eigenvalue weighted by Crippen LogP contribution is -2.46. The topological polar surface area (TPSA) is 20.3 Å². The molecule has 1 amide bonds. The maximum atomic E-state index is 11.6. The molecule has 1 aromatic rings. The molecule has 68 valence electrons. The minimum absolute atomic E-state index is 0.171. The van der Waals surface area contributed by atoms with Gasteiger partial charge in [-0.3, -0.25) is 4.79 Å². The molecule has 2 nitrogen and oxygen atoms in total. The molecule has 0 saturated heterocycles. The Bertz CT molecular complexity index is 346. The zero-order chi connectivity index (χ0) is 9.42. The highest BCUT2D eigenvalue weighted by molar-refractivity contribution is 6.19. The van der Waals surface area contributed by atoms with E-state index in [9.17, 15) is 4.79 Å². The number of hydrogen-bond donors (Lipinski definition) is 0. The van der Waals surface area contributed by atoms with Crippen molar-refractivity contribution in [2.75, 3.05) is 4.90 Å². The summed E-state index contributed by atoms with van der Waals surface area (Å²) in [6, 6.07) is 8.09. The van der Waals surface area contributed by atoms with Gasteiger partial charge in [-0.25, -0.2) is 0 Å². The number of benzene rings is 1. The molecule has 0 N–H and O–H groups in total. The standard InChI is InChI=1S/C11H13NO/c1-3-8(2)12-10-7-5-4-6-9(10)11(12)13/h4-8H,3H2,1-2H3. The fourth-order valence-electron chi connectivity index (χ4n) is 1.67. The van der Waals surface area contributed by atoms with Gasteiger partial charge in [-0.15, -0.1) is 0 Å². The molecule has 0 spiro atoms. The summed E-state index contributed by atoms with van der Waals surface area (Å²) in [4.78, 5) is 13.4. The highest BCUT2D eigenvalue weighted by Crippen LogP contribution is 2.34. The van der Waals surface area contributed by atoms with Gasteiger partial charge >= 0.3 is 0 Å². The van der Waals surface area contributed by atoms with Crippen molar-refractivity contribution >= 4 is 11.6 Å². The molecule has 0 fully saturated rings. The predicted octanol–water partition coefficient (Wildman–Crippen LogP) is 2.45. The fraction of sp³-hybridized carbons (Fsp3) is 0.364. The Balaban J connectivity index is 2.34. The van der Waals surface area contributed by atoms with Crippen LogP contribution in [0.15, 0.2) is 24.3 Å². The second-order valence-electron chi connectivity index (χ2n) is 3.45. The van der Waals surface area contributed by atoms with E-state index in [2.05, 4.69) is 13.8 Å². The molecule has 0 radical (unpaired) electrons. The van der Waals surface area contributed by atoms with Crippen LogP contribution in [0, 0.1) is 0 Å². The van der Waals surface area contributed by atoms with Crippen LogP contribution in [-0.2, 0) is 0 Å². The molecule has 13 heavy (non-hydrogen) atoms. The smallest absolute Gasteiger partial charge is 0.260 e. The van der Waals surface area contributed by atoms with Crippen LogP contribution in [0.2, 0.25) is 0 Å². The van der Waals surface area contributed by atoms with E-state index >= 15 is 0 Å². The number of nitrogens with zero attached hydrogens (tertiary/aromatic N) is 1. The van der Waals surface area contributed by atoms with Crippen LogP contribution in [0.25, 0.3) is 0 Å². The minimum atomic E-state index is 0.171. The van der Waals surface area contributed by atoms with Gasteiger partial charge in [0.2, 0.25) is 0 Å². The molecule has 2 heteroatoms. The Labute approximate surface area is 78.2 Å². The van der Waals surface area contributed by atoms with E-state index in [4.69, 9.17) is 0 Å². The van der Waals surface area contributed by atoms with Gasteiger partial charge in [-0.2, -0.15) is 0 Å². The first-order valence-corrected chi connectivity index (χ1v) is 4.68. The van der Waals surface area contributed by atoms with Gasteiger partial charge in [0.25, 0.3) is 5.91 Å². The third-order valence-electron chi connectivity index (χ3n) is 2.64. The fourth-order valence-corrected chi connectivity index (χ4v) is 1.67. The lowest BCUT2D eigenvalue weighted by atomic mass is 9.99. The van der Waals surface area contributed by atoms with Crippen molar-refractivity contribution < 1.29 is 4.79 Å². The van der Waals surface area contributed by atoms with Crippen LogP contribution in [0.1, 0.15) is 30.6 Å². The minimum Gasteiger partial charge on any atom is -0.305 e. The number of hydrogen-bond acceptors (Lipinski definition) is 1. The van der Waals surface area contributed by atoms with Crippen LogP contribution in [0.3, 0.4) is 0 Å². The molecule has 1 aliphatic heterocycles. The third-order valence-corrected chi connectivity index (χ3v) is 2.64. The third kappa shape index (κ3) is 1.05. The van der Waals surface area contributed by atoms with Crippen molar-refractivity contribution in [3.05, 3.63) is 29.8 Å². The van der Waals surface area contributed by atoms with E-state index in [-0.39, 0.29) is 5.91 Å². The molecular weight excluding hydrogens is 162 g/mol. The lowest BCUT2D eigenvalue weighted by Gasteiger charge is -2.37. The molecule has 0 aromatic heterocycles. The highest BCUT2D eigenvalue weighted by atomic mass is 16.2. The monoisotopic (exact) mass is 175 g/mol. The second-order valence-corrected chi connectivity index (χ2v) is 3.45. The van der Waals surface area contributed by atoms with Crippen molar-refractivity contribution in [1.29, 1.82) is 0 Å². The molecule has 0 aliphatic carbocycles. The molecule has 1 heterocycles. The summed E-state index contributed by atoms with van der Waals surface area (Å²) in [6.07, 6.45) is 1.00. The molecule has 2 rings (SSSR count).